The number of halogens is 1. The van der Waals surface area contributed by atoms with Crippen LogP contribution in [0.4, 0.5) is 10.2 Å². The number of pyridine rings is 1. The van der Waals surface area contributed by atoms with Gasteiger partial charge in [-0.05, 0) is 55.7 Å². The van der Waals surface area contributed by atoms with Crippen LogP contribution in [0.1, 0.15) is 32.1 Å². The number of hydrogen-bond acceptors (Lipinski definition) is 8. The van der Waals surface area contributed by atoms with Gasteiger partial charge in [0.05, 0.1) is 11.8 Å². The van der Waals surface area contributed by atoms with Gasteiger partial charge in [-0.15, -0.1) is 22.0 Å². The topological polar surface area (TPSA) is 87.1 Å². The van der Waals surface area contributed by atoms with Crippen molar-refractivity contribution in [1.82, 2.24) is 25.5 Å². The Morgan fingerprint density at radius 1 is 1.06 bits per heavy atom. The lowest BCUT2D eigenvalue weighted by atomic mass is 9.83. The summed E-state index contributed by atoms with van der Waals surface area (Å²) in [5.74, 6) is 0.708. The second-order valence-corrected chi connectivity index (χ2v) is 9.61. The number of thioether (sulfide) groups is 1. The maximum absolute atomic E-state index is 14.1. The SMILES string of the molecule is CSc1ncc(-c2ccc(-c3ncc(N(C)[C@@H]4C[C@H]5CCC[C@@H](C4)N5)nn3)c(O)c2)cc1F. The zero-order valence-electron chi connectivity index (χ0n) is 18.7. The first-order chi connectivity index (χ1) is 16.0. The predicted molar refractivity (Wildman–Crippen MR) is 128 cm³/mol. The van der Waals surface area contributed by atoms with Crippen LogP contribution in [0.25, 0.3) is 22.5 Å². The van der Waals surface area contributed by atoms with Crippen molar-refractivity contribution in [3.8, 4) is 28.3 Å². The van der Waals surface area contributed by atoms with E-state index in [1.165, 1.54) is 37.1 Å². The molecule has 0 aliphatic carbocycles. The molecule has 5 rings (SSSR count). The van der Waals surface area contributed by atoms with Crippen LogP contribution in [0.2, 0.25) is 0 Å². The number of hydrogen-bond donors (Lipinski definition) is 2. The molecule has 3 atom stereocenters. The van der Waals surface area contributed by atoms with E-state index in [4.69, 9.17) is 0 Å². The Kier molecular flexibility index (Phi) is 6.16. The molecular formula is C24H27FN6OS. The molecule has 2 aromatic heterocycles. The number of rotatable bonds is 5. The summed E-state index contributed by atoms with van der Waals surface area (Å²) in [6.07, 6.45) is 11.1. The zero-order valence-corrected chi connectivity index (χ0v) is 19.5. The molecule has 1 aromatic carbocycles. The third kappa shape index (κ3) is 4.52. The summed E-state index contributed by atoms with van der Waals surface area (Å²) in [4.78, 5) is 10.8. The zero-order chi connectivity index (χ0) is 22.9. The minimum Gasteiger partial charge on any atom is -0.507 e. The van der Waals surface area contributed by atoms with Gasteiger partial charge in [0.15, 0.2) is 17.5 Å². The molecule has 172 valence electrons. The first-order valence-electron chi connectivity index (χ1n) is 11.2. The number of aromatic hydroxyl groups is 1. The minimum atomic E-state index is -0.381. The minimum absolute atomic E-state index is 0.0101. The molecule has 4 heterocycles. The molecule has 3 aromatic rings. The Hall–Kier alpha value is -2.78. The van der Waals surface area contributed by atoms with Crippen molar-refractivity contribution in [3.63, 3.8) is 0 Å². The fourth-order valence-corrected chi connectivity index (χ4v) is 5.34. The lowest BCUT2D eigenvalue weighted by molar-refractivity contribution is 0.219. The van der Waals surface area contributed by atoms with E-state index in [0.29, 0.717) is 45.7 Å². The van der Waals surface area contributed by atoms with Crippen LogP contribution in [0.3, 0.4) is 0 Å². The van der Waals surface area contributed by atoms with Crippen LogP contribution < -0.4 is 10.2 Å². The Morgan fingerprint density at radius 2 is 1.85 bits per heavy atom. The molecule has 2 bridgehead atoms. The average molecular weight is 467 g/mol. The fraction of sp³-hybridized carbons (Fsp3) is 0.417. The van der Waals surface area contributed by atoms with Crippen molar-refractivity contribution >= 4 is 17.6 Å². The predicted octanol–water partition coefficient (Wildman–Crippen LogP) is 4.28. The average Bonchev–Trinajstić information content (AvgIpc) is 2.83. The molecule has 33 heavy (non-hydrogen) atoms. The molecule has 0 amide bonds. The number of benzene rings is 1. The Bertz CT molecular complexity index is 1130. The highest BCUT2D eigenvalue weighted by Crippen LogP contribution is 2.33. The van der Waals surface area contributed by atoms with Gasteiger partial charge in [-0.25, -0.2) is 14.4 Å². The Morgan fingerprint density at radius 3 is 2.48 bits per heavy atom. The van der Waals surface area contributed by atoms with Gasteiger partial charge >= 0.3 is 0 Å². The normalized spacial score (nSPS) is 22.2. The van der Waals surface area contributed by atoms with E-state index in [1.54, 1.807) is 36.8 Å². The van der Waals surface area contributed by atoms with E-state index in [0.717, 1.165) is 18.7 Å². The smallest absolute Gasteiger partial charge is 0.185 e. The molecule has 0 unspecified atom stereocenters. The van der Waals surface area contributed by atoms with Crippen molar-refractivity contribution in [2.75, 3.05) is 18.2 Å². The first kappa shape index (κ1) is 22.0. The number of nitrogens with zero attached hydrogens (tertiary/aromatic N) is 5. The van der Waals surface area contributed by atoms with Gasteiger partial charge in [-0.3, -0.25) is 0 Å². The molecule has 2 aliphatic rings. The number of aromatic nitrogens is 4. The van der Waals surface area contributed by atoms with Crippen molar-refractivity contribution in [2.45, 2.75) is 55.3 Å². The molecule has 9 heteroatoms. The molecule has 0 radical (unpaired) electrons. The van der Waals surface area contributed by atoms with Gasteiger partial charge in [0, 0.05) is 36.9 Å². The van der Waals surface area contributed by atoms with Crippen molar-refractivity contribution < 1.29 is 9.50 Å². The highest BCUT2D eigenvalue weighted by molar-refractivity contribution is 7.98. The van der Waals surface area contributed by atoms with E-state index in [9.17, 15) is 9.50 Å². The monoisotopic (exact) mass is 466 g/mol. The second kappa shape index (κ2) is 9.23. The van der Waals surface area contributed by atoms with Crippen molar-refractivity contribution in [1.29, 1.82) is 0 Å². The van der Waals surface area contributed by atoms with Crippen molar-refractivity contribution in [3.05, 3.63) is 42.5 Å². The number of phenols is 1. The maximum atomic E-state index is 14.1. The van der Waals surface area contributed by atoms with E-state index in [-0.39, 0.29) is 11.6 Å². The first-order valence-corrected chi connectivity index (χ1v) is 12.5. The molecule has 7 nitrogen and oxygen atoms in total. The van der Waals surface area contributed by atoms with E-state index in [2.05, 4.69) is 37.4 Å². The summed E-state index contributed by atoms with van der Waals surface area (Å²) >= 11 is 1.25. The highest BCUT2D eigenvalue weighted by atomic mass is 32.2. The van der Waals surface area contributed by atoms with Crippen LogP contribution in [-0.4, -0.2) is 56.7 Å². The Labute approximate surface area is 196 Å². The van der Waals surface area contributed by atoms with Crippen LogP contribution in [0.5, 0.6) is 5.75 Å². The summed E-state index contributed by atoms with van der Waals surface area (Å²) in [5.41, 5.74) is 1.73. The third-order valence-electron chi connectivity index (χ3n) is 6.72. The van der Waals surface area contributed by atoms with Crippen LogP contribution in [-0.2, 0) is 0 Å². The highest BCUT2D eigenvalue weighted by Gasteiger charge is 2.33. The van der Waals surface area contributed by atoms with E-state index < -0.39 is 0 Å². The summed E-state index contributed by atoms with van der Waals surface area (Å²) < 4.78 is 14.1. The number of nitrogens with one attached hydrogen (secondary N) is 1. The Balaban J connectivity index is 1.33. The fourth-order valence-electron chi connectivity index (χ4n) is 4.93. The lowest BCUT2D eigenvalue weighted by Crippen LogP contribution is -2.54. The van der Waals surface area contributed by atoms with E-state index >= 15 is 0 Å². The molecule has 2 aliphatic heterocycles. The molecule has 2 fully saturated rings. The summed E-state index contributed by atoms with van der Waals surface area (Å²) in [5, 5.41) is 23.4. The number of fused-ring (bicyclic) bond motifs is 2. The van der Waals surface area contributed by atoms with Crippen LogP contribution in [0.15, 0.2) is 41.7 Å². The van der Waals surface area contributed by atoms with Gasteiger partial charge in [-0.1, -0.05) is 12.5 Å². The lowest BCUT2D eigenvalue weighted by Gasteiger charge is -2.43. The van der Waals surface area contributed by atoms with Gasteiger partial charge < -0.3 is 15.3 Å². The number of phenolic OH excluding ortho intramolecular Hbond substituents is 1. The summed E-state index contributed by atoms with van der Waals surface area (Å²) in [6, 6.07) is 8.10. The maximum Gasteiger partial charge on any atom is 0.185 e. The van der Waals surface area contributed by atoms with Crippen LogP contribution in [0, 0.1) is 5.82 Å². The molecule has 0 spiro atoms. The van der Waals surface area contributed by atoms with Gasteiger partial charge in [0.1, 0.15) is 10.8 Å². The van der Waals surface area contributed by atoms with Gasteiger partial charge in [0.25, 0.3) is 0 Å². The van der Waals surface area contributed by atoms with Crippen LogP contribution >= 0.6 is 11.8 Å². The number of piperidine rings is 2. The molecule has 2 saturated heterocycles. The quantitative estimate of drug-likeness (QED) is 0.539. The summed E-state index contributed by atoms with van der Waals surface area (Å²) in [7, 11) is 2.05. The molecular weight excluding hydrogens is 439 g/mol. The third-order valence-corrected chi connectivity index (χ3v) is 7.41. The standard InChI is InChI=1S/C24H27FN6OS/c1-31(18-10-16-4-3-5-17(11-18)28-16)22-13-26-23(30-29-22)19-7-6-14(9-21(19)32)15-8-20(25)24(33-2)27-12-15/h6-9,12-13,16-18,28,32H,3-5,10-11H2,1-2H3/t16-,17+,18-. The van der Waals surface area contributed by atoms with Gasteiger partial charge in [-0.2, -0.15) is 0 Å². The van der Waals surface area contributed by atoms with Gasteiger partial charge in [0.2, 0.25) is 0 Å². The number of anilines is 1. The van der Waals surface area contributed by atoms with Crippen molar-refractivity contribution in [2.24, 2.45) is 0 Å². The van der Waals surface area contributed by atoms with E-state index in [1.807, 2.05) is 0 Å². The molecule has 2 N–H and O–H groups in total. The summed E-state index contributed by atoms with van der Waals surface area (Å²) in [6.45, 7) is 0. The second-order valence-electron chi connectivity index (χ2n) is 8.81. The largest absolute Gasteiger partial charge is 0.507 e. The molecule has 0 saturated carbocycles.